The Hall–Kier alpha value is -3.25. The number of hydrogen-bond donors (Lipinski definition) is 0. The Morgan fingerprint density at radius 2 is 1.92 bits per heavy atom. The fourth-order valence-electron chi connectivity index (χ4n) is 2.39. The summed E-state index contributed by atoms with van der Waals surface area (Å²) in [6.45, 7) is -0.0180. The number of benzene rings is 2. The van der Waals surface area contributed by atoms with Crippen molar-refractivity contribution in [2.75, 3.05) is 0 Å². The minimum absolute atomic E-state index is 0.0180. The van der Waals surface area contributed by atoms with Gasteiger partial charge in [0.2, 0.25) is 5.89 Å². The molecule has 0 bridgehead atoms. The van der Waals surface area contributed by atoms with Gasteiger partial charge in [-0.15, -0.1) is 11.3 Å². The fourth-order valence-corrected chi connectivity index (χ4v) is 3.26. The second-order valence-electron chi connectivity index (χ2n) is 5.45. The lowest BCUT2D eigenvalue weighted by molar-refractivity contribution is -0.139. The lowest BCUT2D eigenvalue weighted by Gasteiger charge is -1.98. The molecule has 0 aliphatic carbocycles. The summed E-state index contributed by atoms with van der Waals surface area (Å²) in [5, 5.41) is 0.755. The first-order valence-corrected chi connectivity index (χ1v) is 8.80. The molecule has 0 radical (unpaired) electrons. The molecule has 0 fully saturated rings. The molecule has 0 saturated heterocycles. The van der Waals surface area contributed by atoms with E-state index in [0.717, 1.165) is 20.8 Å². The fraction of sp³-hybridized carbons (Fsp3) is 0.0500. The van der Waals surface area contributed by atoms with E-state index in [1.54, 1.807) is 12.3 Å². The standard InChI is InChI=1S/C20H14N2O3S/c23-20(11-10-19-22-15-8-4-5-9-17(15)26-19)24-13-18-21-12-16(25-18)14-6-2-1-3-7-14/h1-12H,13H2/b11-10+. The van der Waals surface area contributed by atoms with E-state index in [1.807, 2.05) is 54.6 Å². The first kappa shape index (κ1) is 16.2. The number of carbonyl (C=O) groups excluding carboxylic acids is 1. The van der Waals surface area contributed by atoms with Crippen LogP contribution in [0.4, 0.5) is 0 Å². The van der Waals surface area contributed by atoms with Crippen molar-refractivity contribution in [3.63, 3.8) is 0 Å². The van der Waals surface area contributed by atoms with Crippen molar-refractivity contribution in [2.24, 2.45) is 0 Å². The van der Waals surface area contributed by atoms with Gasteiger partial charge >= 0.3 is 5.97 Å². The second-order valence-corrected chi connectivity index (χ2v) is 6.51. The molecule has 5 nitrogen and oxygen atoms in total. The summed E-state index contributed by atoms with van der Waals surface area (Å²) >= 11 is 1.52. The summed E-state index contributed by atoms with van der Waals surface area (Å²) in [6.07, 6.45) is 4.63. The number of ether oxygens (including phenoxy) is 1. The molecule has 0 spiro atoms. The second kappa shape index (κ2) is 7.33. The normalized spacial score (nSPS) is 11.2. The highest BCUT2D eigenvalue weighted by Crippen LogP contribution is 2.22. The average Bonchev–Trinajstić information content (AvgIpc) is 3.32. The minimum Gasteiger partial charge on any atom is -0.453 e. The summed E-state index contributed by atoms with van der Waals surface area (Å²) < 4.78 is 11.8. The number of para-hydroxylation sites is 1. The van der Waals surface area contributed by atoms with Gasteiger partial charge in [0, 0.05) is 11.6 Å². The summed E-state index contributed by atoms with van der Waals surface area (Å²) in [5.74, 6) is 0.524. The third-order valence-corrected chi connectivity index (χ3v) is 4.62. The van der Waals surface area contributed by atoms with Gasteiger partial charge in [-0.2, -0.15) is 0 Å². The van der Waals surface area contributed by atoms with E-state index >= 15 is 0 Å². The number of nitrogens with zero attached hydrogens (tertiary/aromatic N) is 2. The van der Waals surface area contributed by atoms with E-state index in [-0.39, 0.29) is 6.61 Å². The number of carbonyl (C=O) groups is 1. The predicted octanol–water partition coefficient (Wildman–Crippen LogP) is 4.71. The van der Waals surface area contributed by atoms with E-state index in [2.05, 4.69) is 9.97 Å². The molecule has 0 N–H and O–H groups in total. The van der Waals surface area contributed by atoms with Crippen LogP contribution in [0.5, 0.6) is 0 Å². The first-order valence-electron chi connectivity index (χ1n) is 7.98. The zero-order valence-electron chi connectivity index (χ0n) is 13.7. The largest absolute Gasteiger partial charge is 0.453 e. The van der Waals surface area contributed by atoms with Crippen LogP contribution in [0.1, 0.15) is 10.9 Å². The molecule has 0 aliphatic heterocycles. The van der Waals surface area contributed by atoms with Crippen molar-refractivity contribution in [1.82, 2.24) is 9.97 Å². The smallest absolute Gasteiger partial charge is 0.331 e. The number of oxazole rings is 1. The van der Waals surface area contributed by atoms with Crippen LogP contribution in [0.15, 0.2) is 71.3 Å². The number of fused-ring (bicyclic) bond motifs is 1. The number of thiazole rings is 1. The summed E-state index contributed by atoms with van der Waals surface area (Å²) in [6, 6.07) is 17.5. The van der Waals surface area contributed by atoms with Gasteiger partial charge in [0.1, 0.15) is 5.01 Å². The zero-order valence-corrected chi connectivity index (χ0v) is 14.5. The Morgan fingerprint density at radius 1 is 1.12 bits per heavy atom. The monoisotopic (exact) mass is 362 g/mol. The molecule has 2 aromatic heterocycles. The van der Waals surface area contributed by atoms with Gasteiger partial charge in [0.25, 0.3) is 0 Å². The highest BCUT2D eigenvalue weighted by atomic mass is 32.1. The van der Waals surface area contributed by atoms with Crippen LogP contribution in [0.25, 0.3) is 27.6 Å². The van der Waals surface area contributed by atoms with Crippen LogP contribution >= 0.6 is 11.3 Å². The predicted molar refractivity (Wildman–Crippen MR) is 100 cm³/mol. The first-order chi connectivity index (χ1) is 12.8. The van der Waals surface area contributed by atoms with Crippen LogP contribution in [0.2, 0.25) is 0 Å². The molecule has 0 atom stereocenters. The molecule has 0 amide bonds. The summed E-state index contributed by atoms with van der Waals surface area (Å²) in [5.41, 5.74) is 1.84. The average molecular weight is 362 g/mol. The van der Waals surface area contributed by atoms with Gasteiger partial charge in [-0.05, 0) is 18.2 Å². The zero-order chi connectivity index (χ0) is 17.8. The Morgan fingerprint density at radius 3 is 2.77 bits per heavy atom. The Bertz CT molecular complexity index is 1030. The summed E-state index contributed by atoms with van der Waals surface area (Å²) in [4.78, 5) is 20.4. The van der Waals surface area contributed by atoms with Crippen LogP contribution in [-0.2, 0) is 16.1 Å². The molecule has 128 valence electrons. The number of aromatic nitrogens is 2. The third-order valence-electron chi connectivity index (χ3n) is 3.62. The summed E-state index contributed by atoms with van der Waals surface area (Å²) in [7, 11) is 0. The molecule has 6 heteroatoms. The number of rotatable bonds is 5. The van der Waals surface area contributed by atoms with Gasteiger partial charge in [-0.25, -0.2) is 14.8 Å². The molecule has 4 aromatic rings. The van der Waals surface area contributed by atoms with Crippen molar-refractivity contribution >= 4 is 33.6 Å². The van der Waals surface area contributed by atoms with E-state index in [4.69, 9.17) is 9.15 Å². The molecule has 2 aromatic carbocycles. The van der Waals surface area contributed by atoms with Crippen LogP contribution in [-0.4, -0.2) is 15.9 Å². The van der Waals surface area contributed by atoms with Gasteiger partial charge < -0.3 is 9.15 Å². The molecule has 0 aliphatic rings. The third kappa shape index (κ3) is 3.70. The van der Waals surface area contributed by atoms with Crippen molar-refractivity contribution in [3.05, 3.63) is 77.8 Å². The maximum atomic E-state index is 11.9. The van der Waals surface area contributed by atoms with E-state index in [0.29, 0.717) is 11.7 Å². The Labute approximate surface area is 153 Å². The highest BCUT2D eigenvalue weighted by molar-refractivity contribution is 7.19. The minimum atomic E-state index is -0.469. The van der Waals surface area contributed by atoms with Gasteiger partial charge in [-0.1, -0.05) is 42.5 Å². The van der Waals surface area contributed by atoms with Crippen molar-refractivity contribution in [2.45, 2.75) is 6.61 Å². The van der Waals surface area contributed by atoms with Crippen LogP contribution < -0.4 is 0 Å². The lowest BCUT2D eigenvalue weighted by Crippen LogP contribution is -2.00. The molecule has 2 heterocycles. The van der Waals surface area contributed by atoms with Crippen LogP contribution in [0.3, 0.4) is 0 Å². The van der Waals surface area contributed by atoms with Gasteiger partial charge in [-0.3, -0.25) is 0 Å². The lowest BCUT2D eigenvalue weighted by atomic mass is 10.2. The van der Waals surface area contributed by atoms with Crippen LogP contribution in [0, 0.1) is 0 Å². The van der Waals surface area contributed by atoms with E-state index in [1.165, 1.54) is 17.4 Å². The molecular weight excluding hydrogens is 348 g/mol. The molecular formula is C20H14N2O3S. The maximum absolute atomic E-state index is 11.9. The van der Waals surface area contributed by atoms with Crippen molar-refractivity contribution in [3.8, 4) is 11.3 Å². The van der Waals surface area contributed by atoms with Gasteiger partial charge in [0.05, 0.1) is 16.4 Å². The Kier molecular flexibility index (Phi) is 4.57. The molecule has 0 unspecified atom stereocenters. The quantitative estimate of drug-likeness (QED) is 0.380. The van der Waals surface area contributed by atoms with Gasteiger partial charge in [0.15, 0.2) is 12.4 Å². The van der Waals surface area contributed by atoms with Crippen molar-refractivity contribution in [1.29, 1.82) is 0 Å². The number of esters is 1. The maximum Gasteiger partial charge on any atom is 0.331 e. The molecule has 0 saturated carbocycles. The molecule has 26 heavy (non-hydrogen) atoms. The molecule has 4 rings (SSSR count). The van der Waals surface area contributed by atoms with E-state index < -0.39 is 5.97 Å². The van der Waals surface area contributed by atoms with E-state index in [9.17, 15) is 4.79 Å². The Balaban J connectivity index is 1.36. The van der Waals surface area contributed by atoms with Crippen molar-refractivity contribution < 1.29 is 13.9 Å². The SMILES string of the molecule is O=C(/C=C/c1nc2ccccc2s1)OCc1ncc(-c2ccccc2)o1. The topological polar surface area (TPSA) is 65.2 Å². The highest BCUT2D eigenvalue weighted by Gasteiger charge is 2.08. The number of hydrogen-bond acceptors (Lipinski definition) is 6.